The van der Waals surface area contributed by atoms with Crippen molar-refractivity contribution in [2.24, 2.45) is 0 Å². The van der Waals surface area contributed by atoms with Crippen molar-refractivity contribution in [2.45, 2.75) is 19.9 Å². The zero-order valence-corrected chi connectivity index (χ0v) is 9.29. The maximum absolute atomic E-state index is 11.5. The molecular formula is C10H13NO3S. The standard InChI is InChI=1S/C10H13NO3S/c1-2-11(9(12)6-10(13)14)7-8-4-3-5-15-8/h3-5H,2,6-7H2,1H3,(H,13,14). The molecule has 0 saturated heterocycles. The lowest BCUT2D eigenvalue weighted by molar-refractivity contribution is -0.144. The van der Waals surface area contributed by atoms with E-state index >= 15 is 0 Å². The van der Waals surface area contributed by atoms with Gasteiger partial charge in [0, 0.05) is 11.4 Å². The lowest BCUT2D eigenvalue weighted by atomic mass is 10.3. The molecule has 0 spiro atoms. The first-order chi connectivity index (χ1) is 7.13. The van der Waals surface area contributed by atoms with Crippen molar-refractivity contribution in [1.29, 1.82) is 0 Å². The van der Waals surface area contributed by atoms with E-state index in [0.29, 0.717) is 13.1 Å². The molecule has 1 amide bonds. The third-order valence-corrected chi connectivity index (χ3v) is 2.82. The van der Waals surface area contributed by atoms with Gasteiger partial charge in [-0.3, -0.25) is 9.59 Å². The van der Waals surface area contributed by atoms with E-state index in [9.17, 15) is 9.59 Å². The molecule has 1 aromatic heterocycles. The van der Waals surface area contributed by atoms with Crippen molar-refractivity contribution in [3.05, 3.63) is 22.4 Å². The van der Waals surface area contributed by atoms with Gasteiger partial charge in [0.15, 0.2) is 0 Å². The Hall–Kier alpha value is -1.36. The summed E-state index contributed by atoms with van der Waals surface area (Å²) in [5, 5.41) is 10.4. The number of hydrogen-bond donors (Lipinski definition) is 1. The van der Waals surface area contributed by atoms with Crippen LogP contribution in [0.3, 0.4) is 0 Å². The number of amides is 1. The van der Waals surface area contributed by atoms with Crippen molar-refractivity contribution in [3.8, 4) is 0 Å². The Morgan fingerprint density at radius 2 is 2.27 bits per heavy atom. The molecule has 1 rings (SSSR count). The highest BCUT2D eigenvalue weighted by atomic mass is 32.1. The van der Waals surface area contributed by atoms with Crippen LogP contribution >= 0.6 is 11.3 Å². The van der Waals surface area contributed by atoms with Crippen LogP contribution in [0.15, 0.2) is 17.5 Å². The molecule has 1 heterocycles. The fraction of sp³-hybridized carbons (Fsp3) is 0.400. The Bertz CT molecular complexity index is 334. The van der Waals surface area contributed by atoms with E-state index in [0.717, 1.165) is 4.88 Å². The van der Waals surface area contributed by atoms with Crippen LogP contribution in [0.4, 0.5) is 0 Å². The van der Waals surface area contributed by atoms with Crippen LogP contribution in [0.2, 0.25) is 0 Å². The fourth-order valence-corrected chi connectivity index (χ4v) is 1.93. The van der Waals surface area contributed by atoms with Gasteiger partial charge in [-0.25, -0.2) is 0 Å². The summed E-state index contributed by atoms with van der Waals surface area (Å²) in [5.74, 6) is -1.41. The van der Waals surface area contributed by atoms with Crippen LogP contribution < -0.4 is 0 Å². The van der Waals surface area contributed by atoms with Crippen LogP contribution in [0.1, 0.15) is 18.2 Å². The van der Waals surface area contributed by atoms with Crippen LogP contribution in [-0.2, 0) is 16.1 Å². The van der Waals surface area contributed by atoms with E-state index in [1.165, 1.54) is 0 Å². The molecule has 0 aliphatic carbocycles. The van der Waals surface area contributed by atoms with Gasteiger partial charge in [0.1, 0.15) is 6.42 Å². The van der Waals surface area contributed by atoms with Gasteiger partial charge < -0.3 is 10.0 Å². The number of carbonyl (C=O) groups is 2. The van der Waals surface area contributed by atoms with Crippen molar-refractivity contribution >= 4 is 23.2 Å². The summed E-state index contributed by atoms with van der Waals surface area (Å²) in [6.45, 7) is 2.87. The number of nitrogens with zero attached hydrogens (tertiary/aromatic N) is 1. The molecule has 82 valence electrons. The number of hydrogen-bond acceptors (Lipinski definition) is 3. The van der Waals surface area contributed by atoms with Gasteiger partial charge in [-0.05, 0) is 18.4 Å². The second-order valence-corrected chi connectivity index (χ2v) is 4.09. The number of carboxylic acid groups (broad SMARTS) is 1. The van der Waals surface area contributed by atoms with Crippen LogP contribution in [-0.4, -0.2) is 28.4 Å². The summed E-state index contributed by atoms with van der Waals surface area (Å²) in [6, 6.07) is 3.84. The molecule has 0 aromatic carbocycles. The predicted molar refractivity (Wildman–Crippen MR) is 57.7 cm³/mol. The first kappa shape index (κ1) is 11.7. The molecule has 0 atom stereocenters. The van der Waals surface area contributed by atoms with Crippen LogP contribution in [0.5, 0.6) is 0 Å². The second kappa shape index (κ2) is 5.50. The quantitative estimate of drug-likeness (QED) is 0.777. The Morgan fingerprint density at radius 1 is 1.53 bits per heavy atom. The van der Waals surface area contributed by atoms with Crippen molar-refractivity contribution < 1.29 is 14.7 Å². The van der Waals surface area contributed by atoms with Crippen LogP contribution in [0, 0.1) is 0 Å². The van der Waals surface area contributed by atoms with E-state index in [2.05, 4.69) is 0 Å². The maximum Gasteiger partial charge on any atom is 0.312 e. The molecule has 0 bridgehead atoms. The molecule has 1 aromatic rings. The molecule has 4 nitrogen and oxygen atoms in total. The molecule has 15 heavy (non-hydrogen) atoms. The smallest absolute Gasteiger partial charge is 0.312 e. The number of aliphatic carboxylic acids is 1. The van der Waals surface area contributed by atoms with Gasteiger partial charge in [0.2, 0.25) is 5.91 Å². The molecule has 0 aliphatic rings. The first-order valence-corrected chi connectivity index (χ1v) is 5.53. The number of thiophene rings is 1. The molecule has 1 N–H and O–H groups in total. The molecule has 0 fully saturated rings. The lowest BCUT2D eigenvalue weighted by Crippen LogP contribution is -2.31. The molecule has 0 unspecified atom stereocenters. The van der Waals surface area contributed by atoms with Gasteiger partial charge in [-0.1, -0.05) is 6.07 Å². The average molecular weight is 227 g/mol. The van der Waals surface area contributed by atoms with Crippen LogP contribution in [0.25, 0.3) is 0 Å². The predicted octanol–water partition coefficient (Wildman–Crippen LogP) is 1.57. The van der Waals surface area contributed by atoms with Crippen molar-refractivity contribution in [1.82, 2.24) is 4.90 Å². The third kappa shape index (κ3) is 3.71. The fourth-order valence-electron chi connectivity index (χ4n) is 1.21. The summed E-state index contributed by atoms with van der Waals surface area (Å²) < 4.78 is 0. The van der Waals surface area contributed by atoms with E-state index in [1.54, 1.807) is 16.2 Å². The van der Waals surface area contributed by atoms with E-state index in [1.807, 2.05) is 24.4 Å². The Kier molecular flexibility index (Phi) is 4.30. The minimum Gasteiger partial charge on any atom is -0.481 e. The van der Waals surface area contributed by atoms with Gasteiger partial charge in [-0.15, -0.1) is 11.3 Å². The Balaban J connectivity index is 2.56. The summed E-state index contributed by atoms with van der Waals surface area (Å²) in [4.78, 5) is 24.5. The topological polar surface area (TPSA) is 57.6 Å². The Labute approximate surface area is 92.1 Å². The monoisotopic (exact) mass is 227 g/mol. The summed E-state index contributed by atoms with van der Waals surface area (Å²) in [7, 11) is 0. The maximum atomic E-state index is 11.5. The summed E-state index contributed by atoms with van der Waals surface area (Å²) in [5.41, 5.74) is 0. The molecule has 0 radical (unpaired) electrons. The van der Waals surface area contributed by atoms with Crippen molar-refractivity contribution in [3.63, 3.8) is 0 Å². The summed E-state index contributed by atoms with van der Waals surface area (Å²) in [6.07, 6.45) is -0.431. The Morgan fingerprint density at radius 3 is 2.73 bits per heavy atom. The van der Waals surface area contributed by atoms with E-state index < -0.39 is 12.4 Å². The number of carbonyl (C=O) groups excluding carboxylic acids is 1. The molecular weight excluding hydrogens is 214 g/mol. The number of rotatable bonds is 5. The normalized spacial score (nSPS) is 9.93. The average Bonchev–Trinajstić information content (AvgIpc) is 2.65. The zero-order chi connectivity index (χ0) is 11.3. The van der Waals surface area contributed by atoms with E-state index in [-0.39, 0.29) is 5.91 Å². The lowest BCUT2D eigenvalue weighted by Gasteiger charge is -2.18. The second-order valence-electron chi connectivity index (χ2n) is 3.06. The first-order valence-electron chi connectivity index (χ1n) is 4.65. The largest absolute Gasteiger partial charge is 0.481 e. The molecule has 5 heteroatoms. The summed E-state index contributed by atoms with van der Waals surface area (Å²) >= 11 is 1.56. The SMILES string of the molecule is CCN(Cc1cccs1)C(=O)CC(=O)O. The van der Waals surface area contributed by atoms with Gasteiger partial charge >= 0.3 is 5.97 Å². The minimum atomic E-state index is -1.08. The van der Waals surface area contributed by atoms with Crippen molar-refractivity contribution in [2.75, 3.05) is 6.54 Å². The third-order valence-electron chi connectivity index (χ3n) is 1.96. The highest BCUT2D eigenvalue weighted by molar-refractivity contribution is 7.09. The highest BCUT2D eigenvalue weighted by Gasteiger charge is 2.15. The number of carboxylic acids is 1. The van der Waals surface area contributed by atoms with E-state index in [4.69, 9.17) is 5.11 Å². The zero-order valence-electron chi connectivity index (χ0n) is 8.47. The highest BCUT2D eigenvalue weighted by Crippen LogP contribution is 2.12. The van der Waals surface area contributed by atoms with Gasteiger partial charge in [-0.2, -0.15) is 0 Å². The molecule has 0 aliphatic heterocycles. The molecule has 0 saturated carbocycles. The minimum absolute atomic E-state index is 0.335. The van der Waals surface area contributed by atoms with Gasteiger partial charge in [0.25, 0.3) is 0 Å². The van der Waals surface area contributed by atoms with Gasteiger partial charge in [0.05, 0.1) is 6.54 Å².